The first-order valence-corrected chi connectivity index (χ1v) is 7.07. The minimum absolute atomic E-state index is 0.483. The summed E-state index contributed by atoms with van der Waals surface area (Å²) in [6.45, 7) is 8.11. The fourth-order valence-electron chi connectivity index (χ4n) is 2.84. The zero-order valence-electron chi connectivity index (χ0n) is 9.79. The lowest BCUT2D eigenvalue weighted by atomic mass is 10.00. The lowest BCUT2D eigenvalue weighted by molar-refractivity contribution is 0.0239. The first kappa shape index (κ1) is 11.9. The van der Waals surface area contributed by atoms with Crippen LogP contribution in [0, 0.1) is 5.92 Å². The number of rotatable bonds is 2. The third-order valence-electron chi connectivity index (χ3n) is 3.47. The smallest absolute Gasteiger partial charge is 0.0706 e. The van der Waals surface area contributed by atoms with Crippen molar-refractivity contribution in [1.29, 1.82) is 0 Å². The van der Waals surface area contributed by atoms with Gasteiger partial charge in [-0.25, -0.2) is 0 Å². The lowest BCUT2D eigenvalue weighted by Gasteiger charge is -2.35. The average Bonchev–Trinajstić information content (AvgIpc) is 2.49. The minimum Gasteiger partial charge on any atom is -0.374 e. The van der Waals surface area contributed by atoms with E-state index in [0.717, 1.165) is 12.5 Å². The number of alkyl halides is 1. The van der Waals surface area contributed by atoms with E-state index in [1.54, 1.807) is 0 Å². The van der Waals surface area contributed by atoms with Crippen molar-refractivity contribution in [3.05, 3.63) is 0 Å². The molecule has 2 saturated heterocycles. The van der Waals surface area contributed by atoms with Gasteiger partial charge in [0.2, 0.25) is 0 Å². The van der Waals surface area contributed by atoms with Gasteiger partial charge < -0.3 is 4.74 Å². The van der Waals surface area contributed by atoms with Crippen LogP contribution in [0.15, 0.2) is 0 Å². The summed E-state index contributed by atoms with van der Waals surface area (Å²) in [5.41, 5.74) is 0. The van der Waals surface area contributed by atoms with E-state index in [1.165, 1.54) is 32.4 Å². The highest BCUT2D eigenvalue weighted by Gasteiger charge is 2.28. The predicted octanol–water partition coefficient (Wildman–Crippen LogP) is 2.66. The van der Waals surface area contributed by atoms with Gasteiger partial charge in [-0.3, -0.25) is 4.90 Å². The normalized spacial score (nSPS) is 43.4. The van der Waals surface area contributed by atoms with Gasteiger partial charge >= 0.3 is 0 Å². The summed E-state index contributed by atoms with van der Waals surface area (Å²) in [5.74, 6) is 0.821. The van der Waals surface area contributed by atoms with Crippen molar-refractivity contribution in [2.24, 2.45) is 5.92 Å². The van der Waals surface area contributed by atoms with Crippen LogP contribution in [0.1, 0.15) is 33.1 Å². The van der Waals surface area contributed by atoms with E-state index in [9.17, 15) is 0 Å². The topological polar surface area (TPSA) is 12.5 Å². The van der Waals surface area contributed by atoms with Crippen molar-refractivity contribution in [2.45, 2.75) is 50.1 Å². The van der Waals surface area contributed by atoms with E-state index >= 15 is 0 Å². The molecule has 15 heavy (non-hydrogen) atoms. The molecule has 0 aromatic carbocycles. The van der Waals surface area contributed by atoms with Crippen molar-refractivity contribution in [1.82, 2.24) is 4.90 Å². The van der Waals surface area contributed by atoms with Crippen LogP contribution in [0.3, 0.4) is 0 Å². The maximum Gasteiger partial charge on any atom is 0.0706 e. The molecule has 4 unspecified atom stereocenters. The number of hydrogen-bond donors (Lipinski definition) is 0. The van der Waals surface area contributed by atoms with Gasteiger partial charge in [0.1, 0.15) is 0 Å². The molecule has 2 nitrogen and oxygen atoms in total. The summed E-state index contributed by atoms with van der Waals surface area (Å²) in [6, 6.07) is 0. The third kappa shape index (κ3) is 3.43. The van der Waals surface area contributed by atoms with E-state index in [0.29, 0.717) is 17.0 Å². The van der Waals surface area contributed by atoms with Crippen LogP contribution in [0.25, 0.3) is 0 Å². The predicted molar refractivity (Wildman–Crippen MR) is 66.5 cm³/mol. The van der Waals surface area contributed by atoms with Crippen LogP contribution in [0.4, 0.5) is 0 Å². The molecule has 0 saturated carbocycles. The molecule has 0 aromatic rings. The minimum atomic E-state index is 0.483. The molecule has 2 aliphatic heterocycles. The summed E-state index contributed by atoms with van der Waals surface area (Å²) in [7, 11) is 0. The van der Waals surface area contributed by atoms with Crippen LogP contribution in [-0.2, 0) is 4.74 Å². The fourth-order valence-corrected chi connectivity index (χ4v) is 3.89. The Balaban J connectivity index is 1.78. The van der Waals surface area contributed by atoms with Crippen molar-refractivity contribution >= 4 is 15.9 Å². The zero-order chi connectivity index (χ0) is 10.8. The third-order valence-corrected chi connectivity index (χ3v) is 4.13. The molecule has 2 fully saturated rings. The summed E-state index contributed by atoms with van der Waals surface area (Å²) in [4.78, 5) is 3.25. The zero-order valence-corrected chi connectivity index (χ0v) is 11.4. The summed E-state index contributed by atoms with van der Waals surface area (Å²) in [5, 5.41) is 0. The summed E-state index contributed by atoms with van der Waals surface area (Å²) < 4.78 is 5.88. The molecular formula is C12H22BrNO. The molecule has 2 aliphatic rings. The maximum absolute atomic E-state index is 5.88. The molecular weight excluding hydrogens is 254 g/mol. The van der Waals surface area contributed by atoms with Gasteiger partial charge in [0.15, 0.2) is 0 Å². The number of likely N-dealkylation sites (tertiary alicyclic amines) is 1. The average molecular weight is 276 g/mol. The van der Waals surface area contributed by atoms with Gasteiger partial charge in [0.25, 0.3) is 0 Å². The second kappa shape index (κ2) is 5.15. The van der Waals surface area contributed by atoms with E-state index in [1.807, 2.05) is 0 Å². The molecule has 2 heterocycles. The van der Waals surface area contributed by atoms with E-state index in [-0.39, 0.29) is 0 Å². The van der Waals surface area contributed by atoms with E-state index in [2.05, 4.69) is 34.7 Å². The van der Waals surface area contributed by atoms with E-state index in [4.69, 9.17) is 4.74 Å². The first-order valence-electron chi connectivity index (χ1n) is 6.15. The molecule has 0 aliphatic carbocycles. The Kier molecular flexibility index (Phi) is 4.08. The van der Waals surface area contributed by atoms with Crippen LogP contribution in [0.5, 0.6) is 0 Å². The van der Waals surface area contributed by atoms with Gasteiger partial charge in [-0.1, -0.05) is 22.9 Å². The van der Waals surface area contributed by atoms with Gasteiger partial charge in [-0.2, -0.15) is 0 Å². The Bertz CT molecular complexity index is 202. The summed E-state index contributed by atoms with van der Waals surface area (Å²) >= 11 is 3.75. The molecule has 0 spiro atoms. The monoisotopic (exact) mass is 275 g/mol. The molecule has 0 amide bonds. The van der Waals surface area contributed by atoms with Crippen LogP contribution >= 0.6 is 15.9 Å². The Morgan fingerprint density at radius 3 is 2.67 bits per heavy atom. The van der Waals surface area contributed by atoms with Crippen molar-refractivity contribution in [3.8, 4) is 0 Å². The molecule has 2 rings (SSSR count). The van der Waals surface area contributed by atoms with Crippen molar-refractivity contribution < 1.29 is 4.74 Å². The lowest BCUT2D eigenvalue weighted by Crippen LogP contribution is -2.43. The molecule has 0 bridgehead atoms. The molecule has 4 atom stereocenters. The standard InChI is InChI=1S/C12H22BrNO/c1-9-5-11(13)7-14(6-9)8-12-4-3-10(2)15-12/h9-12H,3-8H2,1-2H3. The quantitative estimate of drug-likeness (QED) is 0.719. The largest absolute Gasteiger partial charge is 0.374 e. The second-order valence-electron chi connectivity index (χ2n) is 5.30. The highest BCUT2D eigenvalue weighted by atomic mass is 79.9. The molecule has 0 aromatic heterocycles. The SMILES string of the molecule is CC1CC(Br)CN(CC2CCC(C)O2)C1. The van der Waals surface area contributed by atoms with Gasteiger partial charge in [-0.05, 0) is 32.1 Å². The molecule has 0 N–H and O–H groups in total. The maximum atomic E-state index is 5.88. The molecule has 88 valence electrons. The second-order valence-corrected chi connectivity index (χ2v) is 6.60. The van der Waals surface area contributed by atoms with Crippen LogP contribution < -0.4 is 0 Å². The number of piperidine rings is 1. The Morgan fingerprint density at radius 2 is 2.07 bits per heavy atom. The van der Waals surface area contributed by atoms with Gasteiger partial charge in [0, 0.05) is 24.5 Å². The Labute approximate surface area is 101 Å². The highest BCUT2D eigenvalue weighted by Crippen LogP contribution is 2.25. The van der Waals surface area contributed by atoms with Crippen LogP contribution in [-0.4, -0.2) is 41.6 Å². The highest BCUT2D eigenvalue weighted by molar-refractivity contribution is 9.09. The number of ether oxygens (including phenoxy) is 1. The fraction of sp³-hybridized carbons (Fsp3) is 1.00. The van der Waals surface area contributed by atoms with Crippen molar-refractivity contribution in [2.75, 3.05) is 19.6 Å². The molecule has 3 heteroatoms. The van der Waals surface area contributed by atoms with Crippen LogP contribution in [0.2, 0.25) is 0 Å². The molecule has 0 radical (unpaired) electrons. The van der Waals surface area contributed by atoms with E-state index < -0.39 is 0 Å². The Morgan fingerprint density at radius 1 is 1.27 bits per heavy atom. The summed E-state index contributed by atoms with van der Waals surface area (Å²) in [6.07, 6.45) is 4.78. The van der Waals surface area contributed by atoms with Gasteiger partial charge in [-0.15, -0.1) is 0 Å². The van der Waals surface area contributed by atoms with Gasteiger partial charge in [0.05, 0.1) is 12.2 Å². The number of halogens is 1. The Hall–Kier alpha value is 0.400. The van der Waals surface area contributed by atoms with Crippen molar-refractivity contribution in [3.63, 3.8) is 0 Å². The number of nitrogens with zero attached hydrogens (tertiary/aromatic N) is 1. The number of hydrogen-bond acceptors (Lipinski definition) is 2. The first-order chi connectivity index (χ1) is 7.13.